The first kappa shape index (κ1) is 19.2. The fourth-order valence-corrected chi connectivity index (χ4v) is 2.63. The zero-order valence-corrected chi connectivity index (χ0v) is 15.7. The topological polar surface area (TPSA) is 48.5 Å². The van der Waals surface area contributed by atoms with Crippen LogP contribution in [0.3, 0.4) is 0 Å². The van der Waals surface area contributed by atoms with Crippen molar-refractivity contribution in [3.05, 3.63) is 64.9 Å². The maximum atomic E-state index is 12.8. The van der Waals surface area contributed by atoms with E-state index in [4.69, 9.17) is 11.6 Å². The van der Waals surface area contributed by atoms with Crippen molar-refractivity contribution in [2.45, 2.75) is 13.0 Å². The van der Waals surface area contributed by atoms with Gasteiger partial charge >= 0.3 is 6.03 Å². The number of halogens is 1. The highest BCUT2D eigenvalue weighted by atomic mass is 35.5. The van der Waals surface area contributed by atoms with Gasteiger partial charge in [0.15, 0.2) is 0 Å². The molecule has 0 aliphatic heterocycles. The zero-order chi connectivity index (χ0) is 18.2. The Bertz CT molecular complexity index is 661. The third-order valence-corrected chi connectivity index (χ3v) is 4.25. The molecule has 6 heteroatoms. The van der Waals surface area contributed by atoms with Crippen LogP contribution in [0, 0.1) is 0 Å². The third-order valence-electron chi connectivity index (χ3n) is 4.00. The van der Waals surface area contributed by atoms with Crippen LogP contribution in [0.25, 0.3) is 0 Å². The van der Waals surface area contributed by atoms with E-state index in [1.165, 1.54) is 0 Å². The summed E-state index contributed by atoms with van der Waals surface area (Å²) in [6.07, 6.45) is 3.46. The standard InChI is InChI=1S/C19H25ClN4O/c1-4-24(14-13-23(2)3)19(25)22-18(16-9-11-21-12-10-16)15-5-7-17(20)8-6-15/h5-12,18H,4,13-14H2,1-3H3,(H,22,25)/t18-/m0/s1. The second-order valence-electron chi connectivity index (χ2n) is 6.10. The van der Waals surface area contributed by atoms with Gasteiger partial charge in [0.2, 0.25) is 0 Å². The average Bonchev–Trinajstić information content (AvgIpc) is 2.61. The molecule has 1 aromatic carbocycles. The lowest BCUT2D eigenvalue weighted by molar-refractivity contribution is 0.192. The summed E-state index contributed by atoms with van der Waals surface area (Å²) >= 11 is 6.00. The molecular formula is C19H25ClN4O. The van der Waals surface area contributed by atoms with Gasteiger partial charge in [-0.25, -0.2) is 4.79 Å². The number of rotatable bonds is 7. The van der Waals surface area contributed by atoms with Crippen LogP contribution in [-0.4, -0.2) is 54.5 Å². The Morgan fingerprint density at radius 3 is 2.24 bits per heavy atom. The molecule has 1 atom stereocenters. The summed E-state index contributed by atoms with van der Waals surface area (Å²) in [4.78, 5) is 20.7. The minimum absolute atomic E-state index is 0.0823. The summed E-state index contributed by atoms with van der Waals surface area (Å²) in [7, 11) is 4.00. The summed E-state index contributed by atoms with van der Waals surface area (Å²) in [5.41, 5.74) is 1.96. The fourth-order valence-electron chi connectivity index (χ4n) is 2.51. The molecule has 2 aromatic rings. The van der Waals surface area contributed by atoms with Crippen molar-refractivity contribution in [1.29, 1.82) is 0 Å². The molecule has 0 aliphatic carbocycles. The van der Waals surface area contributed by atoms with Gasteiger partial charge in [-0.15, -0.1) is 0 Å². The van der Waals surface area contributed by atoms with Gasteiger partial charge < -0.3 is 15.1 Å². The van der Waals surface area contributed by atoms with Crippen molar-refractivity contribution < 1.29 is 4.79 Å². The molecule has 0 bridgehead atoms. The van der Waals surface area contributed by atoms with Gasteiger partial charge in [-0.05, 0) is 56.4 Å². The first-order chi connectivity index (χ1) is 12.0. The highest BCUT2D eigenvalue weighted by Crippen LogP contribution is 2.23. The Balaban J connectivity index is 2.21. The molecule has 1 heterocycles. The van der Waals surface area contributed by atoms with Crippen LogP contribution < -0.4 is 5.32 Å². The minimum Gasteiger partial charge on any atom is -0.327 e. The van der Waals surface area contributed by atoms with Gasteiger partial charge in [0.05, 0.1) is 6.04 Å². The van der Waals surface area contributed by atoms with E-state index in [1.54, 1.807) is 12.4 Å². The van der Waals surface area contributed by atoms with E-state index >= 15 is 0 Å². The Kier molecular flexibility index (Phi) is 7.22. The number of nitrogens with zero attached hydrogens (tertiary/aromatic N) is 3. The van der Waals surface area contributed by atoms with Crippen molar-refractivity contribution in [2.75, 3.05) is 33.7 Å². The normalized spacial score (nSPS) is 12.0. The van der Waals surface area contributed by atoms with Crippen LogP contribution >= 0.6 is 11.6 Å². The predicted octanol–water partition coefficient (Wildman–Crippen LogP) is 3.42. The first-order valence-corrected chi connectivity index (χ1v) is 8.74. The maximum absolute atomic E-state index is 12.8. The number of nitrogens with one attached hydrogen (secondary N) is 1. The molecule has 1 N–H and O–H groups in total. The van der Waals surface area contributed by atoms with Crippen LogP contribution in [-0.2, 0) is 0 Å². The molecule has 0 unspecified atom stereocenters. The molecule has 0 saturated carbocycles. The van der Waals surface area contributed by atoms with Crippen LogP contribution in [0.4, 0.5) is 4.79 Å². The second-order valence-corrected chi connectivity index (χ2v) is 6.53. The van der Waals surface area contributed by atoms with Crippen LogP contribution in [0.5, 0.6) is 0 Å². The number of amides is 2. The molecule has 1 aromatic heterocycles. The lowest BCUT2D eigenvalue weighted by Crippen LogP contribution is -2.44. The molecule has 0 saturated heterocycles. The van der Waals surface area contributed by atoms with Crippen molar-refractivity contribution in [3.8, 4) is 0 Å². The number of aromatic nitrogens is 1. The summed E-state index contributed by atoms with van der Waals surface area (Å²) in [5, 5.41) is 3.81. The second kappa shape index (κ2) is 9.39. The number of hydrogen-bond donors (Lipinski definition) is 1. The van der Waals surface area contributed by atoms with E-state index in [0.29, 0.717) is 18.1 Å². The van der Waals surface area contributed by atoms with Crippen LogP contribution in [0.15, 0.2) is 48.8 Å². The van der Waals surface area contributed by atoms with Gasteiger partial charge in [0.25, 0.3) is 0 Å². The highest BCUT2D eigenvalue weighted by Gasteiger charge is 2.20. The maximum Gasteiger partial charge on any atom is 0.318 e. The summed E-state index contributed by atoms with van der Waals surface area (Å²) < 4.78 is 0. The lowest BCUT2D eigenvalue weighted by atomic mass is 10.00. The van der Waals surface area contributed by atoms with E-state index in [2.05, 4.69) is 15.2 Å². The van der Waals surface area contributed by atoms with Crippen LogP contribution in [0.1, 0.15) is 24.1 Å². The van der Waals surface area contributed by atoms with Gasteiger partial charge in [-0.1, -0.05) is 23.7 Å². The first-order valence-electron chi connectivity index (χ1n) is 8.36. The molecule has 0 spiro atoms. The van der Waals surface area contributed by atoms with E-state index in [-0.39, 0.29) is 12.1 Å². The molecule has 5 nitrogen and oxygen atoms in total. The molecular weight excluding hydrogens is 336 g/mol. The molecule has 0 fully saturated rings. The number of urea groups is 1. The van der Waals surface area contributed by atoms with Crippen molar-refractivity contribution >= 4 is 17.6 Å². The van der Waals surface area contributed by atoms with E-state index < -0.39 is 0 Å². The predicted molar refractivity (Wildman–Crippen MR) is 102 cm³/mol. The third kappa shape index (κ3) is 5.73. The van der Waals surface area contributed by atoms with Gasteiger partial charge in [-0.2, -0.15) is 0 Å². The van der Waals surface area contributed by atoms with Crippen LogP contribution in [0.2, 0.25) is 5.02 Å². The Morgan fingerprint density at radius 2 is 1.68 bits per heavy atom. The quantitative estimate of drug-likeness (QED) is 0.823. The monoisotopic (exact) mass is 360 g/mol. The van der Waals surface area contributed by atoms with Crippen molar-refractivity contribution in [3.63, 3.8) is 0 Å². The van der Waals surface area contributed by atoms with Crippen molar-refractivity contribution in [1.82, 2.24) is 20.1 Å². The summed E-state index contributed by atoms with van der Waals surface area (Å²) in [6, 6.07) is 11.0. The molecule has 134 valence electrons. The molecule has 0 radical (unpaired) electrons. The number of pyridine rings is 1. The lowest BCUT2D eigenvalue weighted by Gasteiger charge is -2.27. The summed E-state index contributed by atoms with van der Waals surface area (Å²) in [5.74, 6) is 0. The highest BCUT2D eigenvalue weighted by molar-refractivity contribution is 6.30. The largest absolute Gasteiger partial charge is 0.327 e. The summed E-state index contributed by atoms with van der Waals surface area (Å²) in [6.45, 7) is 4.14. The van der Waals surface area contributed by atoms with Gasteiger partial charge in [-0.3, -0.25) is 4.98 Å². The van der Waals surface area contributed by atoms with E-state index in [9.17, 15) is 4.79 Å². The molecule has 25 heavy (non-hydrogen) atoms. The zero-order valence-electron chi connectivity index (χ0n) is 14.9. The number of carbonyl (C=O) groups is 1. The number of carbonyl (C=O) groups excluding carboxylic acids is 1. The number of likely N-dealkylation sites (N-methyl/N-ethyl adjacent to an activating group) is 2. The number of benzene rings is 1. The molecule has 2 rings (SSSR count). The van der Waals surface area contributed by atoms with E-state index in [0.717, 1.165) is 17.7 Å². The van der Waals surface area contributed by atoms with Gasteiger partial charge in [0, 0.05) is 37.1 Å². The van der Waals surface area contributed by atoms with Crippen molar-refractivity contribution in [2.24, 2.45) is 0 Å². The van der Waals surface area contributed by atoms with Gasteiger partial charge in [0.1, 0.15) is 0 Å². The minimum atomic E-state index is -0.249. The Hall–Kier alpha value is -2.11. The Morgan fingerprint density at radius 1 is 1.08 bits per heavy atom. The fraction of sp³-hybridized carbons (Fsp3) is 0.368. The SMILES string of the molecule is CCN(CCN(C)C)C(=O)N[C@H](c1ccncc1)c1ccc(Cl)cc1. The average molecular weight is 361 g/mol. The molecule has 2 amide bonds. The van der Waals surface area contributed by atoms with E-state index in [1.807, 2.05) is 62.3 Å². The number of hydrogen-bond acceptors (Lipinski definition) is 3. The Labute approximate surface area is 154 Å². The smallest absolute Gasteiger partial charge is 0.318 e. The molecule has 0 aliphatic rings.